The fourth-order valence-corrected chi connectivity index (χ4v) is 10.9. The number of hydrogen-bond donors (Lipinski definition) is 2. The van der Waals surface area contributed by atoms with Crippen molar-refractivity contribution in [3.05, 3.63) is 70.8 Å². The Morgan fingerprint density at radius 3 is 2.61 bits per heavy atom. The average Bonchev–Trinajstić information content (AvgIpc) is 4.04. The number of urea groups is 1. The van der Waals surface area contributed by atoms with Crippen molar-refractivity contribution < 1.29 is 33.4 Å². The minimum atomic E-state index is -1.10. The second-order valence-corrected chi connectivity index (χ2v) is 20.4. The van der Waals surface area contributed by atoms with E-state index in [9.17, 15) is 24.0 Å². The maximum Gasteiger partial charge on any atom is 0.324 e. The van der Waals surface area contributed by atoms with Crippen LogP contribution < -0.4 is 10.7 Å². The van der Waals surface area contributed by atoms with E-state index in [1.807, 2.05) is 39.1 Å². The fraction of sp³-hybridized carbons (Fsp3) is 0.540. The molecule has 0 spiro atoms. The molecule has 6 bridgehead atoms. The van der Waals surface area contributed by atoms with Crippen LogP contribution in [-0.4, -0.2) is 136 Å². The number of pyridine rings is 1. The number of aromatic nitrogens is 3. The number of esters is 1. The molecular formula is C50H67N9O7S. The Kier molecular flexibility index (Phi) is 14.9. The molecule has 2 fully saturated rings. The van der Waals surface area contributed by atoms with Crippen molar-refractivity contribution in [2.45, 2.75) is 111 Å². The van der Waals surface area contributed by atoms with E-state index in [1.165, 1.54) is 27.3 Å². The van der Waals surface area contributed by atoms with E-state index < -0.39 is 41.3 Å². The molecule has 67 heavy (non-hydrogen) atoms. The average molecular weight is 938 g/mol. The Bertz CT molecular complexity index is 2520. The molecular weight excluding hydrogens is 871 g/mol. The number of benzene rings is 1. The molecule has 5 amide bonds. The van der Waals surface area contributed by atoms with Crippen molar-refractivity contribution in [2.24, 2.45) is 17.3 Å². The number of amides is 5. The molecule has 0 radical (unpaired) electrons. The van der Waals surface area contributed by atoms with Crippen LogP contribution in [-0.2, 0) is 48.0 Å². The van der Waals surface area contributed by atoms with Gasteiger partial charge in [-0.15, -0.1) is 11.3 Å². The van der Waals surface area contributed by atoms with E-state index in [1.54, 1.807) is 37.2 Å². The first-order valence-corrected chi connectivity index (χ1v) is 24.3. The lowest BCUT2D eigenvalue weighted by atomic mass is 9.84. The summed E-state index contributed by atoms with van der Waals surface area (Å²) < 4.78 is 14.2. The van der Waals surface area contributed by atoms with Crippen LogP contribution in [0.2, 0.25) is 0 Å². The number of nitrogens with one attached hydrogen (secondary N) is 2. The van der Waals surface area contributed by atoms with Gasteiger partial charge in [0.1, 0.15) is 18.1 Å². The number of hydrogen-bond acceptors (Lipinski definition) is 11. The fourth-order valence-electron chi connectivity index (χ4n) is 10.0. The van der Waals surface area contributed by atoms with Crippen LogP contribution in [0.5, 0.6) is 0 Å². The predicted molar refractivity (Wildman–Crippen MR) is 259 cm³/mol. The van der Waals surface area contributed by atoms with Crippen LogP contribution in [0, 0.1) is 17.3 Å². The summed E-state index contributed by atoms with van der Waals surface area (Å²) in [6.45, 7) is 19.6. The molecule has 0 saturated carbocycles. The maximum atomic E-state index is 14.7. The van der Waals surface area contributed by atoms with Crippen LogP contribution in [0.15, 0.2) is 54.6 Å². The summed E-state index contributed by atoms with van der Waals surface area (Å²) >= 11 is 1.40. The molecule has 7 rings (SSSR count). The van der Waals surface area contributed by atoms with E-state index in [-0.39, 0.29) is 48.9 Å². The van der Waals surface area contributed by atoms with E-state index in [0.717, 1.165) is 44.7 Å². The van der Waals surface area contributed by atoms with Gasteiger partial charge in [0, 0.05) is 92.8 Å². The van der Waals surface area contributed by atoms with Crippen molar-refractivity contribution in [1.29, 1.82) is 0 Å². The van der Waals surface area contributed by atoms with E-state index in [2.05, 4.69) is 66.9 Å². The zero-order chi connectivity index (χ0) is 48.5. The predicted octanol–water partition coefficient (Wildman–Crippen LogP) is 6.24. The van der Waals surface area contributed by atoms with Crippen LogP contribution in [0.25, 0.3) is 33.4 Å². The van der Waals surface area contributed by atoms with Gasteiger partial charge in [-0.25, -0.2) is 15.2 Å². The van der Waals surface area contributed by atoms with Gasteiger partial charge in [0.25, 0.3) is 5.91 Å². The first-order chi connectivity index (χ1) is 31.9. The van der Waals surface area contributed by atoms with Gasteiger partial charge in [-0.05, 0) is 80.9 Å². The van der Waals surface area contributed by atoms with Crippen LogP contribution in [0.3, 0.4) is 0 Å². The molecule has 2 N–H and O–H groups in total. The van der Waals surface area contributed by atoms with Crippen LogP contribution >= 0.6 is 11.3 Å². The molecule has 3 aromatic heterocycles. The van der Waals surface area contributed by atoms with Gasteiger partial charge in [-0.2, -0.15) is 0 Å². The third-order valence-corrected chi connectivity index (χ3v) is 14.5. The number of cyclic esters (lactones) is 1. The number of fused-ring (bicyclic) bond motifs is 6. The third-order valence-electron chi connectivity index (χ3n) is 13.6. The lowest BCUT2D eigenvalue weighted by Gasteiger charge is -2.38. The second-order valence-electron chi connectivity index (χ2n) is 19.5. The molecule has 3 aliphatic rings. The van der Waals surface area contributed by atoms with Gasteiger partial charge < -0.3 is 34.1 Å². The van der Waals surface area contributed by atoms with Crippen molar-refractivity contribution >= 4 is 52.0 Å². The van der Waals surface area contributed by atoms with Gasteiger partial charge in [0.05, 0.1) is 40.8 Å². The SMILES string of the molecule is C=CC(=O)N1C[C@@H](C)[C@H](N(C)C(=O)N(C)C(C(=O)N[C@H]2Cc3nc(cs3)-c3ccc4c(c3)c(c(-c3cccnc3[C@H](C)OC)n4CC)CC(C)(C)COC(=O)[C@@H]3CCCN(N3)C2=O)C(C)C)C1. The summed E-state index contributed by atoms with van der Waals surface area (Å²) in [5, 5.41) is 8.10. The molecule has 6 heterocycles. The second kappa shape index (κ2) is 20.3. The summed E-state index contributed by atoms with van der Waals surface area (Å²) in [6, 6.07) is 6.91. The van der Waals surface area contributed by atoms with Crippen molar-refractivity contribution in [3.8, 4) is 22.5 Å². The largest absolute Gasteiger partial charge is 0.464 e. The molecule has 360 valence electrons. The zero-order valence-electron chi connectivity index (χ0n) is 40.6. The smallest absolute Gasteiger partial charge is 0.324 e. The topological polar surface area (TPSA) is 172 Å². The highest BCUT2D eigenvalue weighted by Gasteiger charge is 2.41. The number of carbonyl (C=O) groups is 5. The number of likely N-dealkylation sites (tertiary alicyclic amines) is 1. The van der Waals surface area contributed by atoms with Crippen molar-refractivity contribution in [1.82, 2.24) is 45.0 Å². The van der Waals surface area contributed by atoms with Gasteiger partial charge in [-0.3, -0.25) is 29.2 Å². The summed E-state index contributed by atoms with van der Waals surface area (Å²) in [4.78, 5) is 84.3. The molecule has 1 unspecified atom stereocenters. The first kappa shape index (κ1) is 49.3. The number of thiazole rings is 1. The van der Waals surface area contributed by atoms with Crippen LogP contribution in [0.1, 0.15) is 83.7 Å². The first-order valence-electron chi connectivity index (χ1n) is 23.4. The Morgan fingerprint density at radius 2 is 1.91 bits per heavy atom. The van der Waals surface area contributed by atoms with Crippen molar-refractivity contribution in [3.63, 3.8) is 0 Å². The Morgan fingerprint density at radius 1 is 1.15 bits per heavy atom. The minimum absolute atomic E-state index is 0.000812. The highest BCUT2D eigenvalue weighted by atomic mass is 32.1. The van der Waals surface area contributed by atoms with E-state index >= 15 is 0 Å². The number of methoxy groups -OCH3 is 1. The highest BCUT2D eigenvalue weighted by molar-refractivity contribution is 7.10. The lowest BCUT2D eigenvalue weighted by molar-refractivity contribution is -0.155. The number of likely N-dealkylation sites (N-methyl/N-ethyl adjacent to an activating group) is 2. The number of nitrogens with zero attached hydrogens (tertiary/aromatic N) is 7. The van der Waals surface area contributed by atoms with Gasteiger partial charge in [0.2, 0.25) is 11.8 Å². The molecule has 16 nitrogen and oxygen atoms in total. The van der Waals surface area contributed by atoms with Gasteiger partial charge in [-0.1, -0.05) is 47.3 Å². The molecule has 2 saturated heterocycles. The Balaban J connectivity index is 1.25. The summed E-state index contributed by atoms with van der Waals surface area (Å²) in [6.07, 6.45) is 4.44. The van der Waals surface area contributed by atoms with Crippen LogP contribution in [0.4, 0.5) is 4.79 Å². The van der Waals surface area contributed by atoms with E-state index in [4.69, 9.17) is 19.4 Å². The summed E-state index contributed by atoms with van der Waals surface area (Å²) in [5.74, 6) is -1.92. The number of ether oxygens (including phenoxy) is 2. The summed E-state index contributed by atoms with van der Waals surface area (Å²) in [5.41, 5.74) is 9.24. The summed E-state index contributed by atoms with van der Waals surface area (Å²) in [7, 11) is 4.96. The normalized spacial score (nSPS) is 22.0. The third kappa shape index (κ3) is 10.1. The number of aryl methyl sites for hydroxylation is 1. The molecule has 17 heteroatoms. The minimum Gasteiger partial charge on any atom is -0.464 e. The lowest BCUT2D eigenvalue weighted by Crippen LogP contribution is -2.62. The molecule has 4 aromatic rings. The monoisotopic (exact) mass is 937 g/mol. The number of rotatable bonds is 10. The van der Waals surface area contributed by atoms with Crippen molar-refractivity contribution in [2.75, 3.05) is 47.4 Å². The maximum absolute atomic E-state index is 14.7. The highest BCUT2D eigenvalue weighted by Crippen LogP contribution is 2.42. The molecule has 6 atom stereocenters. The van der Waals surface area contributed by atoms with Gasteiger partial charge in [0.15, 0.2) is 0 Å². The molecule has 3 aliphatic heterocycles. The molecule has 1 aromatic carbocycles. The quantitative estimate of drug-likeness (QED) is 0.137. The number of hydrazine groups is 1. The Hall–Kier alpha value is -5.65. The number of carbonyl (C=O) groups excluding carboxylic acids is 5. The van der Waals surface area contributed by atoms with Gasteiger partial charge >= 0.3 is 12.0 Å². The zero-order valence-corrected chi connectivity index (χ0v) is 41.4. The molecule has 0 aliphatic carbocycles. The standard InChI is InChI=1S/C50H67N9O7S/c1-12-42(60)57-25-30(5)40(26-57)55(9)49(64)56(10)44(29(3)4)46(61)53-37-23-41-52-38(27-67-41)32-18-19-39-34(22-32)35(45(58(39)13-2)33-16-14-20-51-43(33)31(6)65-11)24-50(7,8)28-66-48(63)36-17-15-21-59(54-36)47(37)62/h12,14,16,18-20,22,27,29-31,36-37,40,44,54H,1,13,15,17,21,23-26,28H2,2-11H3,(H,53,61)/t30-,31+,36+,37+,40-,44?/m1/s1. The Labute approximate surface area is 398 Å². The van der Waals surface area contributed by atoms with E-state index in [0.29, 0.717) is 50.4 Å².